The molecule has 0 aliphatic rings. The molecule has 2 N–H and O–H groups in total. The fourth-order valence-electron chi connectivity index (χ4n) is 6.30. The van der Waals surface area contributed by atoms with Gasteiger partial charge in [0.15, 0.2) is 9.84 Å². The van der Waals surface area contributed by atoms with Crippen LogP contribution in [0.25, 0.3) is 0 Å². The molecule has 2 atom stereocenters. The summed E-state index contributed by atoms with van der Waals surface area (Å²) in [7, 11) is -4.46. The van der Waals surface area contributed by atoms with Crippen molar-refractivity contribution in [2.45, 2.75) is 178 Å². The lowest BCUT2D eigenvalue weighted by molar-refractivity contribution is -0.384. The average Bonchev–Trinajstić information content (AvgIpc) is 3.39. The zero-order valence-electron chi connectivity index (χ0n) is 50.6. The van der Waals surface area contributed by atoms with Crippen LogP contribution in [0.15, 0.2) is 180 Å². The molecule has 0 bridgehead atoms. The van der Waals surface area contributed by atoms with E-state index in [1.54, 1.807) is 97.3 Å². The van der Waals surface area contributed by atoms with Crippen LogP contribution in [0, 0.1) is 24.0 Å². The van der Waals surface area contributed by atoms with Crippen LogP contribution in [0.1, 0.15) is 149 Å². The Morgan fingerprint density at radius 2 is 1.25 bits per heavy atom. The number of nitrogens with one attached hydrogen (secondary N) is 2. The van der Waals surface area contributed by atoms with Crippen molar-refractivity contribution in [1.82, 2.24) is 35.6 Å². The summed E-state index contributed by atoms with van der Waals surface area (Å²) in [6, 6.07) is 35.7. The smallest absolute Gasteiger partial charge is 0.269 e. The first kappa shape index (κ1) is 70.4. The third-order valence-corrected chi connectivity index (χ3v) is 14.6. The molecule has 5 heterocycles. The zero-order valence-corrected chi connectivity index (χ0v) is 53.0. The minimum absolute atomic E-state index is 0.0374. The highest BCUT2D eigenvalue weighted by molar-refractivity contribution is 8.00. The molecule has 0 aliphatic heterocycles. The number of rotatable bonds is 11. The molecular formula is C63H86N8O7S3. The maximum absolute atomic E-state index is 12.9. The SMILES string of the molecule is CC(C)(C)NC(=O)c1cccnc1.CC(C)(C)Oc1ccc([N+](=O)[O-])cc1.CC(C)(C)Sc1ccccn1.CC(C)S(=O)c1ccccn1.Cc1ccc(C(C)(C)C)cn1.Cc1ccc(S(=O)(=O)C(NC(C)C)c2cccnc2)cc1. The number of hydrogen-bond donors (Lipinski definition) is 2. The van der Waals surface area contributed by atoms with Crippen LogP contribution in [-0.2, 0) is 26.1 Å². The number of aromatic nitrogens is 5. The van der Waals surface area contributed by atoms with Crippen LogP contribution < -0.4 is 15.4 Å². The number of amides is 1. The van der Waals surface area contributed by atoms with Gasteiger partial charge in [-0.05, 0) is 153 Å². The topological polar surface area (TPSA) is 209 Å². The summed E-state index contributed by atoms with van der Waals surface area (Å²) >= 11 is 1.79. The number of aryl methyl sites for hydroxylation is 2. The lowest BCUT2D eigenvalue weighted by Gasteiger charge is -2.22. The number of thioether (sulfide) groups is 1. The Bertz CT molecular complexity index is 3040. The number of nitro groups is 1. The van der Waals surface area contributed by atoms with Gasteiger partial charge in [-0.25, -0.2) is 18.4 Å². The van der Waals surface area contributed by atoms with Gasteiger partial charge in [0.2, 0.25) is 0 Å². The van der Waals surface area contributed by atoms with Crippen LogP contribution in [0.2, 0.25) is 0 Å². The van der Waals surface area contributed by atoms with E-state index in [0.29, 0.717) is 26.8 Å². The number of nitro benzene ring substituents is 1. The van der Waals surface area contributed by atoms with Gasteiger partial charge in [-0.15, -0.1) is 11.8 Å². The summed E-state index contributed by atoms with van der Waals surface area (Å²) in [5.74, 6) is 0.559. The molecule has 0 saturated carbocycles. The van der Waals surface area contributed by atoms with E-state index < -0.39 is 30.9 Å². The Kier molecular flexibility index (Phi) is 28.9. The maximum Gasteiger partial charge on any atom is 0.269 e. The highest BCUT2D eigenvalue weighted by Gasteiger charge is 2.30. The second-order valence-corrected chi connectivity index (χ2v) is 28.9. The van der Waals surface area contributed by atoms with E-state index in [9.17, 15) is 27.5 Å². The highest BCUT2D eigenvalue weighted by atomic mass is 32.2. The number of benzene rings is 2. The highest BCUT2D eigenvalue weighted by Crippen LogP contribution is 2.30. The first-order valence-corrected chi connectivity index (χ1v) is 30.1. The molecule has 15 nitrogen and oxygen atoms in total. The number of sulfone groups is 1. The first-order valence-electron chi connectivity index (χ1n) is 26.6. The van der Waals surface area contributed by atoms with E-state index in [4.69, 9.17) is 4.74 Å². The summed E-state index contributed by atoms with van der Waals surface area (Å²) in [5.41, 5.74) is 4.46. The Morgan fingerprint density at radius 3 is 1.67 bits per heavy atom. The Balaban J connectivity index is 0.000000338. The lowest BCUT2D eigenvalue weighted by atomic mass is 9.88. The summed E-state index contributed by atoms with van der Waals surface area (Å²) < 4.78 is 42.9. The van der Waals surface area contributed by atoms with E-state index in [1.165, 1.54) is 17.7 Å². The zero-order chi connectivity index (χ0) is 61.2. The number of nitrogens with zero attached hydrogens (tertiary/aromatic N) is 6. The maximum atomic E-state index is 12.9. The van der Waals surface area contributed by atoms with E-state index in [1.807, 2.05) is 138 Å². The van der Waals surface area contributed by atoms with Gasteiger partial charge in [0, 0.05) is 88.3 Å². The van der Waals surface area contributed by atoms with Gasteiger partial charge in [0.25, 0.3) is 11.6 Å². The number of non-ortho nitro benzene ring substituents is 1. The quantitative estimate of drug-likeness (QED) is 0.0702. The van der Waals surface area contributed by atoms with Crippen LogP contribution in [-0.4, -0.2) is 75.6 Å². The summed E-state index contributed by atoms with van der Waals surface area (Å²) in [6.45, 7) is 36.4. The standard InChI is InChI=1S/C16H20N2O2S.C10H14N2O.C10H13NO3.C10H15N.C9H13NS.C8H11NOS/c1-12(2)18-16(14-5-4-10-17-11-14)21(19,20)15-8-6-13(3)7-9-15;1-10(2,3)12-9(13)8-5-4-6-11-7-8;1-10(2,3)14-9-6-4-8(5-7-9)11(12)13;1-8-5-6-9(7-11-8)10(2,3)4;1-9(2,3)11-8-6-4-5-7-10-8;1-7(2)11(10)8-5-3-4-6-9-8/h4-12,16,18H,1-3H3;4-7H,1-3H3,(H,12,13);4-7H,1-3H3;5-7H,1-4H3;4-7H,1-3H3;3-7H,1-2H3. The van der Waals surface area contributed by atoms with Gasteiger partial charge in [0.05, 0.1) is 31.2 Å². The molecule has 0 fully saturated rings. The van der Waals surface area contributed by atoms with Crippen molar-refractivity contribution in [1.29, 1.82) is 0 Å². The summed E-state index contributed by atoms with van der Waals surface area (Å²) in [5, 5.41) is 17.5. The molecule has 7 rings (SSSR count). The molecule has 438 valence electrons. The molecule has 81 heavy (non-hydrogen) atoms. The van der Waals surface area contributed by atoms with Crippen molar-refractivity contribution < 1.29 is 27.1 Å². The minimum Gasteiger partial charge on any atom is -0.488 e. The van der Waals surface area contributed by atoms with E-state index in [2.05, 4.69) is 89.2 Å². The monoisotopic (exact) mass is 1160 g/mol. The van der Waals surface area contributed by atoms with Gasteiger partial charge in [-0.3, -0.25) is 39.4 Å². The molecule has 0 aliphatic carbocycles. The van der Waals surface area contributed by atoms with Crippen molar-refractivity contribution in [3.63, 3.8) is 0 Å². The van der Waals surface area contributed by atoms with Gasteiger partial charge in [-0.2, -0.15) is 0 Å². The number of carbonyl (C=O) groups excluding carboxylic acids is 1. The molecule has 7 aromatic rings. The fraction of sp³-hybridized carbons (Fsp3) is 0.397. The predicted molar refractivity (Wildman–Crippen MR) is 332 cm³/mol. The Morgan fingerprint density at radius 1 is 0.667 bits per heavy atom. The van der Waals surface area contributed by atoms with E-state index in [0.717, 1.165) is 16.3 Å². The normalized spacial score (nSPS) is 12.1. The van der Waals surface area contributed by atoms with Crippen molar-refractivity contribution in [2.75, 3.05) is 0 Å². The fourth-order valence-corrected chi connectivity index (χ4v) is 9.79. The van der Waals surface area contributed by atoms with Gasteiger partial charge < -0.3 is 10.1 Å². The Labute approximate surface area is 490 Å². The molecule has 5 aromatic heterocycles. The second kappa shape index (κ2) is 33.3. The van der Waals surface area contributed by atoms with Gasteiger partial charge in [-0.1, -0.05) is 97.4 Å². The third-order valence-electron chi connectivity index (χ3n) is 10.1. The summed E-state index contributed by atoms with van der Waals surface area (Å²) in [6.07, 6.45) is 11.9. The predicted octanol–water partition coefficient (Wildman–Crippen LogP) is 14.5. The lowest BCUT2D eigenvalue weighted by Crippen LogP contribution is -2.40. The molecule has 2 unspecified atom stereocenters. The molecular weight excluding hydrogens is 1080 g/mol. The van der Waals surface area contributed by atoms with Gasteiger partial charge in [0.1, 0.15) is 21.8 Å². The molecule has 0 spiro atoms. The summed E-state index contributed by atoms with van der Waals surface area (Å²) in [4.78, 5) is 42.1. The minimum atomic E-state index is -3.52. The van der Waals surface area contributed by atoms with Crippen LogP contribution in [0.3, 0.4) is 0 Å². The molecule has 18 heteroatoms. The van der Waals surface area contributed by atoms with Crippen LogP contribution in [0.4, 0.5) is 5.69 Å². The van der Waals surface area contributed by atoms with Gasteiger partial charge >= 0.3 is 0 Å². The van der Waals surface area contributed by atoms with E-state index in [-0.39, 0.29) is 44.2 Å². The average molecular weight is 1160 g/mol. The second-order valence-electron chi connectivity index (χ2n) is 23.1. The van der Waals surface area contributed by atoms with Crippen LogP contribution >= 0.6 is 11.8 Å². The number of carbonyl (C=O) groups is 1. The number of hydrogen-bond acceptors (Lipinski definition) is 14. The first-order chi connectivity index (χ1) is 37.6. The van der Waals surface area contributed by atoms with Crippen molar-refractivity contribution in [2.24, 2.45) is 0 Å². The van der Waals surface area contributed by atoms with Crippen molar-refractivity contribution in [3.8, 4) is 5.75 Å². The van der Waals surface area contributed by atoms with E-state index >= 15 is 0 Å². The Hall–Kier alpha value is -6.73. The number of ether oxygens (including phenoxy) is 1. The molecule has 2 aromatic carbocycles. The van der Waals surface area contributed by atoms with Crippen molar-refractivity contribution in [3.05, 3.63) is 203 Å². The number of pyridine rings is 5. The largest absolute Gasteiger partial charge is 0.488 e. The van der Waals surface area contributed by atoms with Crippen molar-refractivity contribution >= 4 is 44.0 Å². The molecule has 0 radical (unpaired) electrons. The third kappa shape index (κ3) is 29.5. The molecule has 1 amide bonds. The molecule has 0 saturated heterocycles. The van der Waals surface area contributed by atoms with Crippen LogP contribution in [0.5, 0.6) is 5.75 Å².